The predicted molar refractivity (Wildman–Crippen MR) is 73.4 cm³/mol. The second-order valence-corrected chi connectivity index (χ2v) is 4.71. The molecule has 1 aliphatic heterocycles. The molecule has 1 aliphatic rings. The van der Waals surface area contributed by atoms with E-state index in [-0.39, 0.29) is 5.91 Å². The van der Waals surface area contributed by atoms with Crippen molar-refractivity contribution in [3.8, 4) is 0 Å². The lowest BCUT2D eigenvalue weighted by Gasteiger charge is -2.35. The summed E-state index contributed by atoms with van der Waals surface area (Å²) in [4.78, 5) is 28.6. The van der Waals surface area contributed by atoms with E-state index in [9.17, 15) is 4.79 Å². The Balaban J connectivity index is 1.64. The normalized spacial score (nSPS) is 15.4. The molecule has 0 radical (unpaired) electrons. The molecule has 0 aliphatic carbocycles. The maximum Gasteiger partial charge on any atom is 0.274 e. The van der Waals surface area contributed by atoms with Gasteiger partial charge in [0, 0.05) is 58.0 Å². The summed E-state index contributed by atoms with van der Waals surface area (Å²) in [6, 6.07) is 0. The smallest absolute Gasteiger partial charge is 0.274 e. The standard InChI is InChI=1S/C13H16N6O/c1-17-5-4-16-13(17)19-8-6-18(7-9-19)12(20)11-10-14-2-3-15-11/h2-5,10H,6-9H2,1H3. The minimum absolute atomic E-state index is 0.0578. The topological polar surface area (TPSA) is 67.2 Å². The fourth-order valence-electron chi connectivity index (χ4n) is 2.34. The first-order chi connectivity index (χ1) is 9.75. The highest BCUT2D eigenvalue weighted by atomic mass is 16.2. The minimum Gasteiger partial charge on any atom is -0.339 e. The van der Waals surface area contributed by atoms with Crippen LogP contribution in [0.2, 0.25) is 0 Å². The van der Waals surface area contributed by atoms with Gasteiger partial charge in [0.25, 0.3) is 5.91 Å². The van der Waals surface area contributed by atoms with Crippen molar-refractivity contribution in [1.29, 1.82) is 0 Å². The molecule has 0 bridgehead atoms. The largest absolute Gasteiger partial charge is 0.339 e. The van der Waals surface area contributed by atoms with Gasteiger partial charge in [-0.05, 0) is 0 Å². The van der Waals surface area contributed by atoms with Gasteiger partial charge in [-0.1, -0.05) is 0 Å². The zero-order chi connectivity index (χ0) is 13.9. The highest BCUT2D eigenvalue weighted by Gasteiger charge is 2.24. The Morgan fingerprint density at radius 2 is 1.90 bits per heavy atom. The van der Waals surface area contributed by atoms with Gasteiger partial charge in [0.1, 0.15) is 5.69 Å². The van der Waals surface area contributed by atoms with Crippen molar-refractivity contribution in [2.24, 2.45) is 7.05 Å². The molecule has 0 aromatic carbocycles. The fourth-order valence-corrected chi connectivity index (χ4v) is 2.34. The molecule has 3 heterocycles. The average Bonchev–Trinajstić information content (AvgIpc) is 2.94. The number of anilines is 1. The molecule has 0 N–H and O–H groups in total. The lowest BCUT2D eigenvalue weighted by Crippen LogP contribution is -2.49. The van der Waals surface area contributed by atoms with Crippen molar-refractivity contribution in [2.45, 2.75) is 0 Å². The molecule has 1 amide bonds. The van der Waals surface area contributed by atoms with Crippen molar-refractivity contribution < 1.29 is 4.79 Å². The number of carbonyl (C=O) groups excluding carboxylic acids is 1. The molecule has 20 heavy (non-hydrogen) atoms. The quantitative estimate of drug-likeness (QED) is 0.780. The van der Waals surface area contributed by atoms with Gasteiger partial charge in [0.05, 0.1) is 6.20 Å². The van der Waals surface area contributed by atoms with E-state index in [1.807, 2.05) is 22.7 Å². The monoisotopic (exact) mass is 272 g/mol. The van der Waals surface area contributed by atoms with Crippen LogP contribution in [0.5, 0.6) is 0 Å². The first-order valence-electron chi connectivity index (χ1n) is 6.53. The van der Waals surface area contributed by atoms with Gasteiger partial charge < -0.3 is 14.4 Å². The number of aromatic nitrogens is 4. The van der Waals surface area contributed by atoms with Crippen molar-refractivity contribution in [1.82, 2.24) is 24.4 Å². The molecule has 104 valence electrons. The molecule has 1 saturated heterocycles. The predicted octanol–water partition coefficient (Wildman–Crippen LogP) is 0.172. The molecule has 3 rings (SSSR count). The van der Waals surface area contributed by atoms with E-state index in [2.05, 4.69) is 19.9 Å². The number of aryl methyl sites for hydroxylation is 1. The molecule has 0 saturated carbocycles. The third-order valence-electron chi connectivity index (χ3n) is 3.43. The van der Waals surface area contributed by atoms with Crippen LogP contribution >= 0.6 is 0 Å². The summed E-state index contributed by atoms with van der Waals surface area (Å²) >= 11 is 0. The number of nitrogens with zero attached hydrogens (tertiary/aromatic N) is 6. The van der Waals surface area contributed by atoms with Gasteiger partial charge in [-0.15, -0.1) is 0 Å². The lowest BCUT2D eigenvalue weighted by atomic mass is 10.3. The molecule has 0 unspecified atom stereocenters. The Bertz CT molecular complexity index is 588. The van der Waals surface area contributed by atoms with Crippen LogP contribution in [-0.4, -0.2) is 56.5 Å². The van der Waals surface area contributed by atoms with Crippen LogP contribution in [0.4, 0.5) is 5.95 Å². The zero-order valence-electron chi connectivity index (χ0n) is 11.3. The Hall–Kier alpha value is -2.44. The number of hydrogen-bond donors (Lipinski definition) is 0. The molecule has 1 fully saturated rings. The van der Waals surface area contributed by atoms with Crippen LogP contribution in [0.1, 0.15) is 10.5 Å². The first kappa shape index (κ1) is 12.6. The maximum atomic E-state index is 12.2. The summed E-state index contributed by atoms with van der Waals surface area (Å²) in [5.41, 5.74) is 0.401. The van der Waals surface area contributed by atoms with Crippen LogP contribution in [0.3, 0.4) is 0 Å². The average molecular weight is 272 g/mol. The Morgan fingerprint density at radius 1 is 1.10 bits per heavy atom. The number of piperazine rings is 1. The van der Waals surface area contributed by atoms with E-state index < -0.39 is 0 Å². The van der Waals surface area contributed by atoms with E-state index in [1.54, 1.807) is 12.4 Å². The Morgan fingerprint density at radius 3 is 2.50 bits per heavy atom. The second kappa shape index (κ2) is 5.28. The van der Waals surface area contributed by atoms with Crippen molar-refractivity contribution in [2.75, 3.05) is 31.1 Å². The highest BCUT2D eigenvalue weighted by molar-refractivity contribution is 5.92. The molecular formula is C13H16N6O. The molecule has 2 aromatic rings. The van der Waals surface area contributed by atoms with Crippen LogP contribution in [0.25, 0.3) is 0 Å². The minimum atomic E-state index is -0.0578. The second-order valence-electron chi connectivity index (χ2n) is 4.71. The van der Waals surface area contributed by atoms with Gasteiger partial charge >= 0.3 is 0 Å². The summed E-state index contributed by atoms with van der Waals surface area (Å²) in [6.45, 7) is 2.89. The number of amides is 1. The van der Waals surface area contributed by atoms with Crippen LogP contribution in [0, 0.1) is 0 Å². The van der Waals surface area contributed by atoms with E-state index >= 15 is 0 Å². The summed E-state index contributed by atoms with van der Waals surface area (Å²) in [7, 11) is 1.97. The Labute approximate surface area is 116 Å². The van der Waals surface area contributed by atoms with Gasteiger partial charge in [0.15, 0.2) is 0 Å². The number of carbonyl (C=O) groups is 1. The summed E-state index contributed by atoms with van der Waals surface area (Å²) in [5, 5.41) is 0. The van der Waals surface area contributed by atoms with Gasteiger partial charge in [-0.3, -0.25) is 9.78 Å². The van der Waals surface area contributed by atoms with Crippen LogP contribution in [0.15, 0.2) is 31.0 Å². The van der Waals surface area contributed by atoms with Crippen molar-refractivity contribution in [3.05, 3.63) is 36.7 Å². The highest BCUT2D eigenvalue weighted by Crippen LogP contribution is 2.13. The fraction of sp³-hybridized carbons (Fsp3) is 0.385. The molecule has 0 spiro atoms. The summed E-state index contributed by atoms with van der Waals surface area (Å²) in [5.74, 6) is 0.884. The van der Waals surface area contributed by atoms with Crippen LogP contribution in [-0.2, 0) is 7.05 Å². The molecule has 7 heteroatoms. The van der Waals surface area contributed by atoms with Gasteiger partial charge in [0.2, 0.25) is 5.95 Å². The maximum absolute atomic E-state index is 12.2. The molecule has 2 aromatic heterocycles. The Kier molecular flexibility index (Phi) is 3.32. The first-order valence-corrected chi connectivity index (χ1v) is 6.53. The van der Waals surface area contributed by atoms with E-state index in [1.165, 1.54) is 12.4 Å². The third kappa shape index (κ3) is 2.34. The van der Waals surface area contributed by atoms with E-state index in [0.29, 0.717) is 18.8 Å². The zero-order valence-corrected chi connectivity index (χ0v) is 11.3. The SMILES string of the molecule is Cn1ccnc1N1CCN(C(=O)c2cnccn2)CC1. The number of rotatable bonds is 2. The van der Waals surface area contributed by atoms with Crippen molar-refractivity contribution >= 4 is 11.9 Å². The van der Waals surface area contributed by atoms with Gasteiger partial charge in [-0.2, -0.15) is 0 Å². The third-order valence-corrected chi connectivity index (χ3v) is 3.43. The number of imidazole rings is 1. The van der Waals surface area contributed by atoms with E-state index in [0.717, 1.165) is 19.0 Å². The summed E-state index contributed by atoms with van der Waals surface area (Å²) < 4.78 is 1.99. The summed E-state index contributed by atoms with van der Waals surface area (Å²) in [6.07, 6.45) is 8.32. The van der Waals surface area contributed by atoms with Crippen LogP contribution < -0.4 is 4.90 Å². The van der Waals surface area contributed by atoms with E-state index in [4.69, 9.17) is 0 Å². The molecule has 0 atom stereocenters. The molecule has 7 nitrogen and oxygen atoms in total. The van der Waals surface area contributed by atoms with Crippen molar-refractivity contribution in [3.63, 3.8) is 0 Å². The molecular weight excluding hydrogens is 256 g/mol. The lowest BCUT2D eigenvalue weighted by molar-refractivity contribution is 0.0739. The number of hydrogen-bond acceptors (Lipinski definition) is 5. The van der Waals surface area contributed by atoms with Gasteiger partial charge in [-0.25, -0.2) is 9.97 Å².